The standard InChI is InChI=1S/C13H14F3N5/c1-7-3-8(2)5-9(4-7)18-11-6-10(13(14,15)16)19-12(20-11)21-17/h3-6H,17H2,1-2H3,(H2,18,19,20,21). The zero-order valence-electron chi connectivity index (χ0n) is 11.4. The minimum absolute atomic E-state index is 0.00951. The Bertz CT molecular complexity index is 634. The first-order valence-electron chi connectivity index (χ1n) is 6.06. The predicted molar refractivity (Wildman–Crippen MR) is 74.0 cm³/mol. The highest BCUT2D eigenvalue weighted by molar-refractivity contribution is 5.59. The Kier molecular flexibility index (Phi) is 3.99. The topological polar surface area (TPSA) is 75.9 Å². The van der Waals surface area contributed by atoms with E-state index in [0.717, 1.165) is 17.2 Å². The van der Waals surface area contributed by atoms with E-state index < -0.39 is 11.9 Å². The number of nitrogen functional groups attached to an aromatic ring is 1. The van der Waals surface area contributed by atoms with Gasteiger partial charge in [-0.1, -0.05) is 6.07 Å². The van der Waals surface area contributed by atoms with Crippen molar-refractivity contribution in [1.82, 2.24) is 9.97 Å². The maximum atomic E-state index is 12.8. The van der Waals surface area contributed by atoms with Crippen LogP contribution in [-0.4, -0.2) is 9.97 Å². The van der Waals surface area contributed by atoms with Crippen LogP contribution in [0, 0.1) is 13.8 Å². The Morgan fingerprint density at radius 1 is 1.00 bits per heavy atom. The van der Waals surface area contributed by atoms with Crippen molar-refractivity contribution in [3.8, 4) is 0 Å². The molecule has 0 fully saturated rings. The van der Waals surface area contributed by atoms with Gasteiger partial charge >= 0.3 is 6.18 Å². The molecule has 0 saturated carbocycles. The van der Waals surface area contributed by atoms with E-state index in [1.54, 1.807) is 12.1 Å². The molecule has 0 aliphatic rings. The number of anilines is 3. The zero-order valence-corrected chi connectivity index (χ0v) is 11.4. The van der Waals surface area contributed by atoms with Crippen molar-refractivity contribution < 1.29 is 13.2 Å². The van der Waals surface area contributed by atoms with Gasteiger partial charge in [0.05, 0.1) is 0 Å². The predicted octanol–water partition coefficient (Wildman–Crippen LogP) is 3.14. The number of hydrogen-bond donors (Lipinski definition) is 3. The Balaban J connectivity index is 2.39. The Morgan fingerprint density at radius 2 is 1.62 bits per heavy atom. The van der Waals surface area contributed by atoms with Crippen LogP contribution in [0.15, 0.2) is 24.3 Å². The highest BCUT2D eigenvalue weighted by atomic mass is 19.4. The Labute approximate surface area is 119 Å². The van der Waals surface area contributed by atoms with Crippen LogP contribution in [0.5, 0.6) is 0 Å². The van der Waals surface area contributed by atoms with Crippen molar-refractivity contribution in [2.24, 2.45) is 5.84 Å². The first-order valence-corrected chi connectivity index (χ1v) is 6.06. The molecule has 1 aromatic carbocycles. The fraction of sp³-hybridized carbons (Fsp3) is 0.231. The van der Waals surface area contributed by atoms with Crippen LogP contribution in [0.3, 0.4) is 0 Å². The van der Waals surface area contributed by atoms with Crippen molar-refractivity contribution in [2.45, 2.75) is 20.0 Å². The lowest BCUT2D eigenvalue weighted by atomic mass is 10.1. The number of rotatable bonds is 3. The molecule has 0 spiro atoms. The Hall–Kier alpha value is -2.35. The molecule has 1 heterocycles. The quantitative estimate of drug-likeness (QED) is 0.599. The summed E-state index contributed by atoms with van der Waals surface area (Å²) in [5.41, 5.74) is 3.57. The second kappa shape index (κ2) is 5.57. The summed E-state index contributed by atoms with van der Waals surface area (Å²) in [7, 11) is 0. The summed E-state index contributed by atoms with van der Waals surface area (Å²) < 4.78 is 38.3. The van der Waals surface area contributed by atoms with Crippen LogP contribution in [-0.2, 0) is 6.18 Å². The van der Waals surface area contributed by atoms with Crippen molar-refractivity contribution in [3.63, 3.8) is 0 Å². The highest BCUT2D eigenvalue weighted by Crippen LogP contribution is 2.30. The highest BCUT2D eigenvalue weighted by Gasteiger charge is 2.33. The zero-order chi connectivity index (χ0) is 15.6. The molecule has 4 N–H and O–H groups in total. The SMILES string of the molecule is Cc1cc(C)cc(Nc2cc(C(F)(F)F)nc(NN)n2)c1. The van der Waals surface area contributed by atoms with Gasteiger partial charge in [0.25, 0.3) is 0 Å². The van der Waals surface area contributed by atoms with Gasteiger partial charge in [0.2, 0.25) is 5.95 Å². The smallest absolute Gasteiger partial charge is 0.340 e. The van der Waals surface area contributed by atoms with Crippen molar-refractivity contribution in [2.75, 3.05) is 10.7 Å². The lowest BCUT2D eigenvalue weighted by Crippen LogP contribution is -2.16. The number of aromatic nitrogens is 2. The van der Waals surface area contributed by atoms with E-state index >= 15 is 0 Å². The molecule has 0 saturated heterocycles. The number of benzene rings is 1. The number of alkyl halides is 3. The summed E-state index contributed by atoms with van der Waals surface area (Å²) in [6.45, 7) is 3.79. The summed E-state index contributed by atoms with van der Waals surface area (Å²) in [6.07, 6.45) is -4.58. The lowest BCUT2D eigenvalue weighted by Gasteiger charge is -2.12. The number of nitrogens with one attached hydrogen (secondary N) is 2. The van der Waals surface area contributed by atoms with Crippen LogP contribution in [0.25, 0.3) is 0 Å². The summed E-state index contributed by atoms with van der Waals surface area (Å²) >= 11 is 0. The monoisotopic (exact) mass is 297 g/mol. The van der Waals surface area contributed by atoms with Crippen LogP contribution >= 0.6 is 0 Å². The first kappa shape index (κ1) is 15.0. The van der Waals surface area contributed by atoms with Gasteiger partial charge in [-0.05, 0) is 37.1 Å². The van der Waals surface area contributed by atoms with Gasteiger partial charge in [-0.25, -0.2) is 10.8 Å². The summed E-state index contributed by atoms with van der Waals surface area (Å²) in [4.78, 5) is 7.15. The van der Waals surface area contributed by atoms with Gasteiger partial charge in [-0.3, -0.25) is 5.43 Å². The molecule has 1 aromatic heterocycles. The molecule has 0 bridgehead atoms. The average Bonchev–Trinajstić information content (AvgIpc) is 2.36. The Morgan fingerprint density at radius 3 is 2.14 bits per heavy atom. The van der Waals surface area contributed by atoms with Crippen LogP contribution < -0.4 is 16.6 Å². The molecule has 5 nitrogen and oxygen atoms in total. The molecule has 2 rings (SSSR count). The molecule has 0 unspecified atom stereocenters. The number of halogens is 3. The number of hydrogen-bond acceptors (Lipinski definition) is 5. The number of nitrogens with zero attached hydrogens (tertiary/aromatic N) is 2. The molecule has 0 radical (unpaired) electrons. The fourth-order valence-corrected chi connectivity index (χ4v) is 1.92. The van der Waals surface area contributed by atoms with Gasteiger partial charge < -0.3 is 5.32 Å². The van der Waals surface area contributed by atoms with Gasteiger partial charge in [-0.2, -0.15) is 18.2 Å². The molecule has 0 aliphatic heterocycles. The van der Waals surface area contributed by atoms with E-state index in [0.29, 0.717) is 5.69 Å². The van der Waals surface area contributed by atoms with E-state index in [4.69, 9.17) is 5.84 Å². The number of hydrazine groups is 1. The second-order valence-corrected chi connectivity index (χ2v) is 4.61. The summed E-state index contributed by atoms with van der Waals surface area (Å²) in [5, 5.41) is 2.83. The summed E-state index contributed by atoms with van der Waals surface area (Å²) in [6, 6.07) is 6.40. The van der Waals surface area contributed by atoms with Crippen molar-refractivity contribution in [1.29, 1.82) is 0 Å². The number of aryl methyl sites for hydroxylation is 2. The third-order valence-corrected chi connectivity index (χ3v) is 2.64. The maximum Gasteiger partial charge on any atom is 0.433 e. The average molecular weight is 297 g/mol. The van der Waals surface area contributed by atoms with Gasteiger partial charge in [0.15, 0.2) is 5.69 Å². The normalized spacial score (nSPS) is 11.3. The third-order valence-electron chi connectivity index (χ3n) is 2.64. The van der Waals surface area contributed by atoms with Crippen LogP contribution in [0.2, 0.25) is 0 Å². The van der Waals surface area contributed by atoms with E-state index in [9.17, 15) is 13.2 Å². The number of nitrogens with two attached hydrogens (primary N) is 1. The molecule has 21 heavy (non-hydrogen) atoms. The largest absolute Gasteiger partial charge is 0.433 e. The molecule has 2 aromatic rings. The van der Waals surface area contributed by atoms with Gasteiger partial charge in [0, 0.05) is 11.8 Å². The van der Waals surface area contributed by atoms with Crippen LogP contribution in [0.4, 0.5) is 30.6 Å². The van der Waals surface area contributed by atoms with Crippen molar-refractivity contribution >= 4 is 17.5 Å². The third kappa shape index (κ3) is 3.82. The molecule has 0 aliphatic carbocycles. The van der Waals surface area contributed by atoms with E-state index in [1.807, 2.05) is 25.3 Å². The molecule has 8 heteroatoms. The van der Waals surface area contributed by atoms with Crippen LogP contribution in [0.1, 0.15) is 16.8 Å². The van der Waals surface area contributed by atoms with E-state index in [2.05, 4.69) is 15.3 Å². The summed E-state index contributed by atoms with van der Waals surface area (Å²) in [5.74, 6) is 4.80. The van der Waals surface area contributed by atoms with E-state index in [-0.39, 0.29) is 11.8 Å². The minimum atomic E-state index is -4.58. The maximum absolute atomic E-state index is 12.8. The molecule has 0 atom stereocenters. The molecular weight excluding hydrogens is 283 g/mol. The lowest BCUT2D eigenvalue weighted by molar-refractivity contribution is -0.141. The first-order chi connectivity index (χ1) is 9.77. The van der Waals surface area contributed by atoms with Gasteiger partial charge in [0.1, 0.15) is 5.82 Å². The van der Waals surface area contributed by atoms with Gasteiger partial charge in [-0.15, -0.1) is 0 Å². The second-order valence-electron chi connectivity index (χ2n) is 4.61. The molecule has 112 valence electrons. The van der Waals surface area contributed by atoms with E-state index in [1.165, 1.54) is 0 Å². The molecular formula is C13H14F3N5. The van der Waals surface area contributed by atoms with Crippen molar-refractivity contribution in [3.05, 3.63) is 41.1 Å². The minimum Gasteiger partial charge on any atom is -0.340 e. The molecule has 0 amide bonds. The fourth-order valence-electron chi connectivity index (χ4n) is 1.92.